The molecule has 0 radical (unpaired) electrons. The van der Waals surface area contributed by atoms with Crippen LogP contribution in [-0.4, -0.2) is 18.1 Å². The van der Waals surface area contributed by atoms with Gasteiger partial charge in [0.1, 0.15) is 12.1 Å². The number of hydrogen-bond donors (Lipinski definition) is 1. The van der Waals surface area contributed by atoms with Gasteiger partial charge in [-0.05, 0) is 36.0 Å². The van der Waals surface area contributed by atoms with Gasteiger partial charge in [0.15, 0.2) is 0 Å². The molecular formula is C16H31NO2. The Morgan fingerprint density at radius 2 is 1.84 bits per heavy atom. The van der Waals surface area contributed by atoms with Crippen LogP contribution in [0, 0.1) is 23.2 Å². The summed E-state index contributed by atoms with van der Waals surface area (Å²) in [5.41, 5.74) is 5.75. The molecule has 0 aromatic rings. The average molecular weight is 269 g/mol. The Labute approximate surface area is 118 Å². The smallest absolute Gasteiger partial charge is 0.323 e. The maximum atomic E-state index is 12.2. The topological polar surface area (TPSA) is 52.3 Å². The van der Waals surface area contributed by atoms with E-state index in [1.54, 1.807) is 0 Å². The van der Waals surface area contributed by atoms with Crippen LogP contribution in [-0.2, 0) is 9.53 Å². The van der Waals surface area contributed by atoms with Gasteiger partial charge in [-0.2, -0.15) is 0 Å². The zero-order valence-corrected chi connectivity index (χ0v) is 13.4. The number of esters is 1. The van der Waals surface area contributed by atoms with Crippen molar-refractivity contribution in [3.63, 3.8) is 0 Å². The Morgan fingerprint density at radius 1 is 1.26 bits per heavy atom. The Bertz CT molecular complexity index is 306. The first-order valence-electron chi connectivity index (χ1n) is 7.59. The van der Waals surface area contributed by atoms with Crippen molar-refractivity contribution >= 4 is 5.97 Å². The van der Waals surface area contributed by atoms with Crippen LogP contribution in [0.2, 0.25) is 0 Å². The van der Waals surface area contributed by atoms with E-state index in [1.807, 2.05) is 20.8 Å². The molecule has 0 aliphatic heterocycles. The summed E-state index contributed by atoms with van der Waals surface area (Å²) in [6, 6.07) is -0.544. The summed E-state index contributed by atoms with van der Waals surface area (Å²) in [4.78, 5) is 12.2. The highest BCUT2D eigenvalue weighted by Crippen LogP contribution is 2.35. The molecule has 19 heavy (non-hydrogen) atoms. The summed E-state index contributed by atoms with van der Waals surface area (Å²) < 4.78 is 5.76. The van der Waals surface area contributed by atoms with Gasteiger partial charge in [-0.15, -0.1) is 0 Å². The van der Waals surface area contributed by atoms with E-state index >= 15 is 0 Å². The third-order valence-electron chi connectivity index (χ3n) is 4.42. The third kappa shape index (κ3) is 4.48. The van der Waals surface area contributed by atoms with Gasteiger partial charge in [-0.1, -0.05) is 48.0 Å². The molecule has 1 aliphatic carbocycles. The van der Waals surface area contributed by atoms with E-state index in [0.717, 1.165) is 12.8 Å². The number of carbonyl (C=O) groups excluding carboxylic acids is 1. The van der Waals surface area contributed by atoms with Gasteiger partial charge in [0.25, 0.3) is 0 Å². The molecule has 0 aromatic heterocycles. The van der Waals surface area contributed by atoms with Crippen LogP contribution in [0.5, 0.6) is 0 Å². The lowest BCUT2D eigenvalue weighted by atomic mass is 9.75. The molecule has 1 fully saturated rings. The molecule has 0 aromatic carbocycles. The molecule has 3 heteroatoms. The van der Waals surface area contributed by atoms with E-state index in [4.69, 9.17) is 10.5 Å². The van der Waals surface area contributed by atoms with Gasteiger partial charge < -0.3 is 10.5 Å². The van der Waals surface area contributed by atoms with Gasteiger partial charge in [-0.25, -0.2) is 0 Å². The highest BCUT2D eigenvalue weighted by molar-refractivity contribution is 5.76. The van der Waals surface area contributed by atoms with Crippen LogP contribution in [0.4, 0.5) is 0 Å². The minimum absolute atomic E-state index is 0.0460. The lowest BCUT2D eigenvalue weighted by Crippen LogP contribution is -2.46. The Morgan fingerprint density at radius 3 is 2.32 bits per heavy atom. The molecule has 3 unspecified atom stereocenters. The summed E-state index contributed by atoms with van der Waals surface area (Å²) in [5.74, 6) is 1.43. The highest BCUT2D eigenvalue weighted by Gasteiger charge is 2.36. The molecule has 0 spiro atoms. The summed E-state index contributed by atoms with van der Waals surface area (Å²) in [5, 5.41) is 0. The molecule has 0 amide bonds. The van der Waals surface area contributed by atoms with Crippen molar-refractivity contribution in [1.82, 2.24) is 0 Å². The molecule has 1 saturated carbocycles. The predicted octanol–water partition coefficient (Wildman–Crippen LogP) is 3.36. The maximum absolute atomic E-state index is 12.2. The van der Waals surface area contributed by atoms with Crippen molar-refractivity contribution in [2.24, 2.45) is 28.9 Å². The van der Waals surface area contributed by atoms with Crippen molar-refractivity contribution in [1.29, 1.82) is 0 Å². The van der Waals surface area contributed by atoms with Crippen LogP contribution in [0.1, 0.15) is 60.8 Å². The van der Waals surface area contributed by atoms with E-state index in [2.05, 4.69) is 20.8 Å². The number of ether oxygens (including phenoxy) is 1. The van der Waals surface area contributed by atoms with Crippen molar-refractivity contribution in [2.75, 3.05) is 0 Å². The molecule has 4 atom stereocenters. The van der Waals surface area contributed by atoms with E-state index < -0.39 is 6.04 Å². The van der Waals surface area contributed by atoms with Crippen molar-refractivity contribution < 1.29 is 9.53 Å². The van der Waals surface area contributed by atoms with E-state index in [0.29, 0.717) is 17.8 Å². The first kappa shape index (κ1) is 16.5. The molecule has 1 rings (SSSR count). The van der Waals surface area contributed by atoms with Crippen LogP contribution >= 0.6 is 0 Å². The normalized spacial score (nSPS) is 30.2. The Balaban J connectivity index is 2.69. The minimum atomic E-state index is -0.544. The van der Waals surface area contributed by atoms with Crippen LogP contribution in [0.15, 0.2) is 0 Å². The summed E-state index contributed by atoms with van der Waals surface area (Å²) in [6.45, 7) is 12.6. The number of nitrogens with two attached hydrogens (primary N) is 1. The SMILES string of the molecule is CC1CCC(C(C)C)C(OC(=O)[C@@H](N)C(C)(C)C)C1. The van der Waals surface area contributed by atoms with Gasteiger partial charge in [0.05, 0.1) is 0 Å². The molecule has 1 aliphatic rings. The van der Waals surface area contributed by atoms with Gasteiger partial charge in [0, 0.05) is 0 Å². The highest BCUT2D eigenvalue weighted by atomic mass is 16.5. The second kappa shape index (κ2) is 6.25. The number of carbonyl (C=O) groups is 1. The third-order valence-corrected chi connectivity index (χ3v) is 4.42. The molecule has 0 bridgehead atoms. The average Bonchev–Trinajstić information content (AvgIpc) is 2.26. The van der Waals surface area contributed by atoms with Gasteiger partial charge >= 0.3 is 5.97 Å². The molecule has 0 saturated heterocycles. The fourth-order valence-electron chi connectivity index (χ4n) is 2.83. The fraction of sp³-hybridized carbons (Fsp3) is 0.938. The van der Waals surface area contributed by atoms with Crippen LogP contribution in [0.3, 0.4) is 0 Å². The Kier molecular flexibility index (Phi) is 5.43. The maximum Gasteiger partial charge on any atom is 0.323 e. The summed E-state index contributed by atoms with van der Waals surface area (Å²) in [6.07, 6.45) is 3.42. The standard InChI is InChI=1S/C16H31NO2/c1-10(2)12-8-7-11(3)9-13(12)19-15(18)14(17)16(4,5)6/h10-14H,7-9,17H2,1-6H3/t11?,12?,13?,14-/m1/s1. The van der Waals surface area contributed by atoms with Gasteiger partial charge in [-0.3, -0.25) is 4.79 Å². The number of rotatable bonds is 3. The first-order chi connectivity index (χ1) is 8.62. The molecule has 112 valence electrons. The molecular weight excluding hydrogens is 238 g/mol. The zero-order valence-electron chi connectivity index (χ0n) is 13.4. The van der Waals surface area contributed by atoms with Gasteiger partial charge in [0.2, 0.25) is 0 Å². The van der Waals surface area contributed by atoms with Crippen molar-refractivity contribution in [3.05, 3.63) is 0 Å². The molecule has 0 heterocycles. The number of hydrogen-bond acceptors (Lipinski definition) is 3. The molecule has 2 N–H and O–H groups in total. The first-order valence-corrected chi connectivity index (χ1v) is 7.59. The summed E-state index contributed by atoms with van der Waals surface area (Å²) >= 11 is 0. The van der Waals surface area contributed by atoms with E-state index in [9.17, 15) is 4.79 Å². The lowest BCUT2D eigenvalue weighted by Gasteiger charge is -2.38. The van der Waals surface area contributed by atoms with Crippen molar-refractivity contribution in [2.45, 2.75) is 73.0 Å². The quantitative estimate of drug-likeness (QED) is 0.799. The zero-order chi connectivity index (χ0) is 14.8. The van der Waals surface area contributed by atoms with E-state index in [1.165, 1.54) is 6.42 Å². The second-order valence-electron chi connectivity index (χ2n) is 7.65. The predicted molar refractivity (Wildman–Crippen MR) is 78.7 cm³/mol. The second-order valence-corrected chi connectivity index (χ2v) is 7.65. The van der Waals surface area contributed by atoms with Crippen LogP contribution < -0.4 is 5.73 Å². The monoisotopic (exact) mass is 269 g/mol. The van der Waals surface area contributed by atoms with Crippen molar-refractivity contribution in [3.8, 4) is 0 Å². The Hall–Kier alpha value is -0.570. The minimum Gasteiger partial charge on any atom is -0.461 e. The largest absolute Gasteiger partial charge is 0.461 e. The lowest BCUT2D eigenvalue weighted by molar-refractivity contribution is -0.160. The van der Waals surface area contributed by atoms with Crippen LogP contribution in [0.25, 0.3) is 0 Å². The molecule has 3 nitrogen and oxygen atoms in total. The van der Waals surface area contributed by atoms with E-state index in [-0.39, 0.29) is 17.5 Å². The fourth-order valence-corrected chi connectivity index (χ4v) is 2.83. The summed E-state index contributed by atoms with van der Waals surface area (Å²) in [7, 11) is 0.